The minimum Gasteiger partial charge on any atom is -0.471 e. The van der Waals surface area contributed by atoms with Gasteiger partial charge < -0.3 is 25.4 Å². The third-order valence-electron chi connectivity index (χ3n) is 4.32. The van der Waals surface area contributed by atoms with Crippen LogP contribution in [0, 0.1) is 0 Å². The number of ether oxygens (including phenoxy) is 2. The second kappa shape index (κ2) is 6.87. The lowest BCUT2D eigenvalue weighted by atomic mass is 10.2. The third kappa shape index (κ3) is 3.07. The number of nitrogens with zero attached hydrogens (tertiary/aromatic N) is 4. The molecule has 0 amide bonds. The Morgan fingerprint density at radius 2 is 2.08 bits per heavy atom. The van der Waals surface area contributed by atoms with E-state index in [0.717, 1.165) is 5.56 Å². The summed E-state index contributed by atoms with van der Waals surface area (Å²) >= 11 is 0. The standard InChI is InChI=1S/C17H19N5O4/c18-17-20-15-14(16(21-17)25-8-10-4-2-1-3-5-10)19-9-22(15)13-6-11(24)12(7-23)26-13/h1-5,9,11-13,23-24H,6-8H2,(H2,18,20,21)/t11-,12+,13+/m0/s1. The first-order valence-corrected chi connectivity index (χ1v) is 8.27. The molecule has 1 saturated heterocycles. The molecule has 1 aliphatic rings. The van der Waals surface area contributed by atoms with E-state index >= 15 is 0 Å². The number of aliphatic hydroxyl groups is 2. The van der Waals surface area contributed by atoms with Gasteiger partial charge in [-0.3, -0.25) is 4.57 Å². The van der Waals surface area contributed by atoms with Crippen LogP contribution in [0.25, 0.3) is 11.2 Å². The van der Waals surface area contributed by atoms with E-state index in [9.17, 15) is 10.2 Å². The quantitative estimate of drug-likeness (QED) is 0.606. The molecule has 26 heavy (non-hydrogen) atoms. The highest BCUT2D eigenvalue weighted by molar-refractivity contribution is 5.77. The molecule has 0 radical (unpaired) electrons. The topological polar surface area (TPSA) is 129 Å². The molecule has 9 heteroatoms. The fourth-order valence-corrected chi connectivity index (χ4v) is 2.99. The van der Waals surface area contributed by atoms with Gasteiger partial charge in [-0.2, -0.15) is 9.97 Å². The van der Waals surface area contributed by atoms with Crippen molar-refractivity contribution in [2.24, 2.45) is 0 Å². The van der Waals surface area contributed by atoms with E-state index in [0.29, 0.717) is 24.2 Å². The van der Waals surface area contributed by atoms with Gasteiger partial charge in [0, 0.05) is 6.42 Å². The van der Waals surface area contributed by atoms with E-state index in [1.165, 1.54) is 0 Å². The summed E-state index contributed by atoms with van der Waals surface area (Å²) in [5.74, 6) is 0.340. The number of rotatable bonds is 5. The van der Waals surface area contributed by atoms with Crippen molar-refractivity contribution in [1.29, 1.82) is 0 Å². The molecule has 0 saturated carbocycles. The number of fused-ring (bicyclic) bond motifs is 1. The number of aliphatic hydroxyl groups excluding tert-OH is 2. The molecule has 3 aromatic rings. The van der Waals surface area contributed by atoms with Crippen molar-refractivity contribution in [1.82, 2.24) is 19.5 Å². The van der Waals surface area contributed by atoms with Crippen molar-refractivity contribution in [3.05, 3.63) is 42.2 Å². The first kappa shape index (κ1) is 16.7. The van der Waals surface area contributed by atoms with E-state index in [2.05, 4.69) is 15.0 Å². The number of imidazole rings is 1. The molecule has 0 unspecified atom stereocenters. The van der Waals surface area contributed by atoms with Crippen molar-refractivity contribution in [2.45, 2.75) is 31.5 Å². The average Bonchev–Trinajstić information content (AvgIpc) is 3.23. The molecule has 4 rings (SSSR count). The molecular weight excluding hydrogens is 338 g/mol. The van der Waals surface area contributed by atoms with Crippen LogP contribution >= 0.6 is 0 Å². The predicted molar refractivity (Wildman–Crippen MR) is 92.1 cm³/mol. The van der Waals surface area contributed by atoms with Crippen LogP contribution in [0.15, 0.2) is 36.7 Å². The Kier molecular flexibility index (Phi) is 4.41. The maximum absolute atomic E-state index is 9.95. The summed E-state index contributed by atoms with van der Waals surface area (Å²) < 4.78 is 13.1. The molecule has 1 aliphatic heterocycles. The van der Waals surface area contributed by atoms with E-state index in [-0.39, 0.29) is 18.4 Å². The summed E-state index contributed by atoms with van der Waals surface area (Å²) in [6, 6.07) is 9.68. The second-order valence-electron chi connectivity index (χ2n) is 6.10. The number of nitrogens with two attached hydrogens (primary N) is 1. The van der Waals surface area contributed by atoms with E-state index in [1.807, 2.05) is 30.3 Å². The van der Waals surface area contributed by atoms with Gasteiger partial charge in [0.05, 0.1) is 19.0 Å². The van der Waals surface area contributed by atoms with Crippen molar-refractivity contribution >= 4 is 17.1 Å². The fourth-order valence-electron chi connectivity index (χ4n) is 2.99. The minimum atomic E-state index is -0.754. The molecule has 4 N–H and O–H groups in total. The van der Waals surface area contributed by atoms with Crippen LogP contribution in [0.5, 0.6) is 5.88 Å². The van der Waals surface area contributed by atoms with Crippen molar-refractivity contribution in [2.75, 3.05) is 12.3 Å². The number of aromatic nitrogens is 4. The Labute approximate surface area is 149 Å². The van der Waals surface area contributed by atoms with Gasteiger partial charge in [-0.05, 0) is 5.56 Å². The van der Waals surface area contributed by atoms with Gasteiger partial charge in [0.25, 0.3) is 0 Å². The fraction of sp³-hybridized carbons (Fsp3) is 0.353. The van der Waals surface area contributed by atoms with Crippen molar-refractivity contribution in [3.8, 4) is 5.88 Å². The Morgan fingerprint density at radius 1 is 1.27 bits per heavy atom. The van der Waals surface area contributed by atoms with Crippen LogP contribution in [0.2, 0.25) is 0 Å². The summed E-state index contributed by atoms with van der Waals surface area (Å²) in [5, 5.41) is 19.2. The van der Waals surface area contributed by atoms with Gasteiger partial charge in [0.1, 0.15) is 18.9 Å². The Morgan fingerprint density at radius 3 is 2.81 bits per heavy atom. The molecule has 0 spiro atoms. The number of benzene rings is 1. The zero-order valence-electron chi connectivity index (χ0n) is 13.9. The highest BCUT2D eigenvalue weighted by Crippen LogP contribution is 2.32. The van der Waals surface area contributed by atoms with Gasteiger partial charge in [-0.15, -0.1) is 0 Å². The van der Waals surface area contributed by atoms with Crippen LogP contribution in [-0.4, -0.2) is 48.5 Å². The molecule has 2 aromatic heterocycles. The first-order valence-electron chi connectivity index (χ1n) is 8.27. The largest absolute Gasteiger partial charge is 0.471 e. The predicted octanol–water partition coefficient (Wildman–Crippen LogP) is 0.628. The normalized spacial score (nSPS) is 22.8. The van der Waals surface area contributed by atoms with Crippen LogP contribution < -0.4 is 10.5 Å². The highest BCUT2D eigenvalue weighted by Gasteiger charge is 2.35. The highest BCUT2D eigenvalue weighted by atomic mass is 16.5. The number of anilines is 1. The summed E-state index contributed by atoms with van der Waals surface area (Å²) in [7, 11) is 0. The minimum absolute atomic E-state index is 0.0552. The second-order valence-corrected chi connectivity index (χ2v) is 6.10. The van der Waals surface area contributed by atoms with Crippen molar-refractivity contribution < 1.29 is 19.7 Å². The Bertz CT molecular complexity index is 901. The molecule has 3 atom stereocenters. The summed E-state index contributed by atoms with van der Waals surface area (Å²) in [6.45, 7) is 0.0668. The van der Waals surface area contributed by atoms with Crippen LogP contribution in [0.3, 0.4) is 0 Å². The molecule has 3 heterocycles. The van der Waals surface area contributed by atoms with E-state index < -0.39 is 18.4 Å². The van der Waals surface area contributed by atoms with Gasteiger partial charge >= 0.3 is 0 Å². The maximum Gasteiger partial charge on any atom is 0.247 e. The monoisotopic (exact) mass is 357 g/mol. The van der Waals surface area contributed by atoms with E-state index in [1.54, 1.807) is 10.9 Å². The molecule has 1 fully saturated rings. The molecule has 136 valence electrons. The smallest absolute Gasteiger partial charge is 0.247 e. The lowest BCUT2D eigenvalue weighted by Gasteiger charge is -2.14. The van der Waals surface area contributed by atoms with Crippen molar-refractivity contribution in [3.63, 3.8) is 0 Å². The number of hydrogen-bond acceptors (Lipinski definition) is 8. The number of nitrogen functional groups attached to an aromatic ring is 1. The van der Waals surface area contributed by atoms with Crippen LogP contribution in [0.4, 0.5) is 5.95 Å². The molecule has 1 aromatic carbocycles. The first-order chi connectivity index (χ1) is 12.7. The zero-order chi connectivity index (χ0) is 18.1. The summed E-state index contributed by atoms with van der Waals surface area (Å²) in [5.41, 5.74) is 7.73. The lowest BCUT2D eigenvalue weighted by molar-refractivity contribution is -0.0432. The van der Waals surface area contributed by atoms with Gasteiger partial charge in [0.15, 0.2) is 11.2 Å². The summed E-state index contributed by atoms with van der Waals surface area (Å²) in [4.78, 5) is 12.7. The Hall–Kier alpha value is -2.75. The SMILES string of the molecule is Nc1nc(OCc2ccccc2)c2ncn([C@H]3C[C@H](O)[C@@H](CO)O3)c2n1. The average molecular weight is 357 g/mol. The van der Waals surface area contributed by atoms with Gasteiger partial charge in [-0.25, -0.2) is 4.98 Å². The zero-order valence-corrected chi connectivity index (χ0v) is 13.9. The third-order valence-corrected chi connectivity index (χ3v) is 4.32. The van der Waals surface area contributed by atoms with Gasteiger partial charge in [0.2, 0.25) is 11.8 Å². The number of hydrogen-bond donors (Lipinski definition) is 3. The van der Waals surface area contributed by atoms with Crippen LogP contribution in [-0.2, 0) is 11.3 Å². The molecular formula is C17H19N5O4. The van der Waals surface area contributed by atoms with E-state index in [4.69, 9.17) is 15.2 Å². The molecule has 9 nitrogen and oxygen atoms in total. The lowest BCUT2D eigenvalue weighted by Crippen LogP contribution is -2.24. The molecule has 0 aliphatic carbocycles. The van der Waals surface area contributed by atoms with Crippen LogP contribution in [0.1, 0.15) is 18.2 Å². The van der Waals surface area contributed by atoms with Gasteiger partial charge in [-0.1, -0.05) is 30.3 Å². The molecule has 0 bridgehead atoms. The maximum atomic E-state index is 9.95. The Balaban J connectivity index is 1.63. The summed E-state index contributed by atoms with van der Waals surface area (Å²) in [6.07, 6.45) is -0.0177.